The van der Waals surface area contributed by atoms with E-state index in [-0.39, 0.29) is 9.77 Å². The highest BCUT2D eigenvalue weighted by Crippen LogP contribution is 2.24. The summed E-state index contributed by atoms with van der Waals surface area (Å²) in [5, 5.41) is 14.1. The average molecular weight is 317 g/mol. The number of hydrogen-bond acceptors (Lipinski definition) is 5. The van der Waals surface area contributed by atoms with Crippen molar-refractivity contribution in [2.45, 2.75) is 17.9 Å². The second kappa shape index (κ2) is 5.41. The van der Waals surface area contributed by atoms with Gasteiger partial charge in [-0.3, -0.25) is 0 Å². The van der Waals surface area contributed by atoms with E-state index in [4.69, 9.17) is 5.11 Å². The second-order valence-corrected chi connectivity index (χ2v) is 7.20. The Balaban J connectivity index is 2.28. The lowest BCUT2D eigenvalue weighted by Gasteiger charge is -2.12. The van der Waals surface area contributed by atoms with Crippen LogP contribution < -0.4 is 4.72 Å². The number of hydrogen-bond donors (Lipinski definition) is 2. The van der Waals surface area contributed by atoms with Crippen LogP contribution in [0, 0.1) is 0 Å². The molecule has 1 atom stereocenters. The smallest absolute Gasteiger partial charge is 0.347 e. The molecule has 102 valence electrons. The zero-order valence-corrected chi connectivity index (χ0v) is 12.3. The number of sulfonamides is 1. The highest BCUT2D eigenvalue weighted by atomic mass is 32.2. The van der Waals surface area contributed by atoms with Crippen molar-refractivity contribution in [1.29, 1.82) is 0 Å². The van der Waals surface area contributed by atoms with Crippen LogP contribution in [0.2, 0.25) is 0 Å². The fraction of sp³-hybridized carbons (Fsp3) is 0.182. The van der Waals surface area contributed by atoms with Crippen molar-refractivity contribution in [2.24, 2.45) is 0 Å². The molecule has 2 heterocycles. The van der Waals surface area contributed by atoms with Crippen molar-refractivity contribution in [3.63, 3.8) is 0 Å². The van der Waals surface area contributed by atoms with E-state index in [0.29, 0.717) is 0 Å². The van der Waals surface area contributed by atoms with Crippen molar-refractivity contribution in [1.82, 2.24) is 4.72 Å². The highest BCUT2D eigenvalue weighted by molar-refractivity contribution is 7.89. The molecule has 0 fully saturated rings. The molecule has 8 heteroatoms. The minimum atomic E-state index is -3.83. The summed E-state index contributed by atoms with van der Waals surface area (Å²) >= 11 is 2.36. The monoisotopic (exact) mass is 317 g/mol. The Morgan fingerprint density at radius 2 is 2.11 bits per heavy atom. The largest absolute Gasteiger partial charge is 0.477 e. The van der Waals surface area contributed by atoms with Gasteiger partial charge in [0, 0.05) is 6.04 Å². The third-order valence-electron chi connectivity index (χ3n) is 2.49. The molecule has 0 aromatic carbocycles. The van der Waals surface area contributed by atoms with Gasteiger partial charge in [-0.2, -0.15) is 11.3 Å². The first kappa shape index (κ1) is 14.2. The van der Waals surface area contributed by atoms with Crippen LogP contribution in [0.4, 0.5) is 0 Å². The fourth-order valence-corrected chi connectivity index (χ4v) is 4.80. The first-order valence-corrected chi connectivity index (χ1v) is 8.57. The summed E-state index contributed by atoms with van der Waals surface area (Å²) in [6.45, 7) is 1.71. The van der Waals surface area contributed by atoms with Crippen molar-refractivity contribution >= 4 is 38.7 Å². The van der Waals surface area contributed by atoms with Gasteiger partial charge in [-0.05, 0) is 40.8 Å². The Morgan fingerprint density at radius 3 is 2.68 bits per heavy atom. The van der Waals surface area contributed by atoms with E-state index in [1.807, 2.05) is 16.8 Å². The molecule has 19 heavy (non-hydrogen) atoms. The van der Waals surface area contributed by atoms with Gasteiger partial charge >= 0.3 is 5.97 Å². The van der Waals surface area contributed by atoms with E-state index in [1.165, 1.54) is 22.8 Å². The molecule has 0 radical (unpaired) electrons. The third kappa shape index (κ3) is 3.03. The number of carboxylic acid groups (broad SMARTS) is 1. The van der Waals surface area contributed by atoms with E-state index in [9.17, 15) is 13.2 Å². The molecule has 0 spiro atoms. The lowest BCUT2D eigenvalue weighted by molar-refractivity contribution is 0.0698. The van der Waals surface area contributed by atoms with Gasteiger partial charge in [0.25, 0.3) is 0 Å². The third-order valence-corrected chi connectivity index (χ3v) is 5.80. The topological polar surface area (TPSA) is 83.5 Å². The first-order valence-electron chi connectivity index (χ1n) is 5.27. The summed E-state index contributed by atoms with van der Waals surface area (Å²) < 4.78 is 26.8. The van der Waals surface area contributed by atoms with Gasteiger partial charge in [0.05, 0.1) is 0 Å². The average Bonchev–Trinajstić information content (AvgIpc) is 3.00. The standard InChI is InChI=1S/C11H11NO4S3/c1-7(8-2-4-17-6-8)12-19(15,16)9-3-5-18-10(9)11(13)14/h2-7,12H,1H3,(H,13,14). The maximum absolute atomic E-state index is 12.2. The zero-order chi connectivity index (χ0) is 14.0. The number of nitrogens with one attached hydrogen (secondary N) is 1. The van der Waals surface area contributed by atoms with Crippen LogP contribution in [0.25, 0.3) is 0 Å². The first-order chi connectivity index (χ1) is 8.92. The predicted molar refractivity (Wildman–Crippen MR) is 74.3 cm³/mol. The predicted octanol–water partition coefficient (Wildman–Crippen LogP) is 2.55. The molecule has 2 rings (SSSR count). The molecule has 2 aromatic heterocycles. The zero-order valence-electron chi connectivity index (χ0n) is 9.86. The van der Waals surface area contributed by atoms with Crippen molar-refractivity contribution in [2.75, 3.05) is 0 Å². The summed E-state index contributed by atoms with van der Waals surface area (Å²) in [5.41, 5.74) is 0.848. The molecule has 2 N–H and O–H groups in total. The van der Waals surface area contributed by atoms with E-state index in [0.717, 1.165) is 16.9 Å². The number of rotatable bonds is 5. The maximum atomic E-state index is 12.2. The van der Waals surface area contributed by atoms with Gasteiger partial charge in [0.1, 0.15) is 9.77 Å². The Hall–Kier alpha value is -1.22. The van der Waals surface area contributed by atoms with E-state index >= 15 is 0 Å². The Bertz CT molecular complexity index is 673. The Morgan fingerprint density at radius 1 is 1.37 bits per heavy atom. The quantitative estimate of drug-likeness (QED) is 0.887. The Labute approximate surface area is 118 Å². The summed E-state index contributed by atoms with van der Waals surface area (Å²) in [6.07, 6.45) is 0. The number of carbonyl (C=O) groups is 1. The van der Waals surface area contributed by atoms with Crippen LogP contribution in [0.3, 0.4) is 0 Å². The minimum absolute atomic E-state index is 0.176. The van der Waals surface area contributed by atoms with Crippen LogP contribution in [0.5, 0.6) is 0 Å². The SMILES string of the molecule is CC(NS(=O)(=O)c1ccsc1C(=O)O)c1ccsc1. The Kier molecular flexibility index (Phi) is 4.04. The van der Waals surface area contributed by atoms with Gasteiger partial charge in [-0.1, -0.05) is 0 Å². The van der Waals surface area contributed by atoms with E-state index in [2.05, 4.69) is 4.72 Å². The highest BCUT2D eigenvalue weighted by Gasteiger charge is 2.25. The lowest BCUT2D eigenvalue weighted by atomic mass is 10.2. The molecular weight excluding hydrogens is 306 g/mol. The molecule has 0 aliphatic carbocycles. The van der Waals surface area contributed by atoms with E-state index < -0.39 is 22.0 Å². The molecule has 0 saturated heterocycles. The molecule has 5 nitrogen and oxygen atoms in total. The molecule has 2 aromatic rings. The molecule has 0 saturated carbocycles. The van der Waals surface area contributed by atoms with Crippen molar-refractivity contribution < 1.29 is 18.3 Å². The second-order valence-electron chi connectivity index (χ2n) is 3.82. The minimum Gasteiger partial charge on any atom is -0.477 e. The van der Waals surface area contributed by atoms with Crippen LogP contribution in [-0.2, 0) is 10.0 Å². The van der Waals surface area contributed by atoms with Gasteiger partial charge in [0.2, 0.25) is 10.0 Å². The molecular formula is C11H11NO4S3. The fourth-order valence-electron chi connectivity index (χ4n) is 1.55. The molecule has 0 amide bonds. The van der Waals surface area contributed by atoms with Crippen LogP contribution in [0.1, 0.15) is 28.2 Å². The molecule has 0 bridgehead atoms. The van der Waals surface area contributed by atoms with Crippen molar-refractivity contribution in [3.05, 3.63) is 38.7 Å². The molecule has 0 aliphatic heterocycles. The van der Waals surface area contributed by atoms with Gasteiger partial charge in [-0.25, -0.2) is 17.9 Å². The van der Waals surface area contributed by atoms with Gasteiger partial charge in [-0.15, -0.1) is 11.3 Å². The normalized spacial score (nSPS) is 13.3. The summed E-state index contributed by atoms with van der Waals surface area (Å²) in [4.78, 5) is 10.6. The maximum Gasteiger partial charge on any atom is 0.347 e. The number of thiophene rings is 2. The van der Waals surface area contributed by atoms with Gasteiger partial charge in [0.15, 0.2) is 0 Å². The summed E-state index contributed by atoms with van der Waals surface area (Å²) in [5.74, 6) is -1.24. The number of carboxylic acids is 1. The summed E-state index contributed by atoms with van der Waals surface area (Å²) in [7, 11) is -3.83. The van der Waals surface area contributed by atoms with Crippen LogP contribution in [-0.4, -0.2) is 19.5 Å². The summed E-state index contributed by atoms with van der Waals surface area (Å²) in [6, 6.07) is 2.72. The van der Waals surface area contributed by atoms with E-state index in [1.54, 1.807) is 6.92 Å². The number of aromatic carboxylic acids is 1. The van der Waals surface area contributed by atoms with Crippen LogP contribution >= 0.6 is 22.7 Å². The van der Waals surface area contributed by atoms with Gasteiger partial charge < -0.3 is 5.11 Å². The van der Waals surface area contributed by atoms with Crippen LogP contribution in [0.15, 0.2) is 33.2 Å². The molecule has 0 aliphatic rings. The molecule has 1 unspecified atom stereocenters. The van der Waals surface area contributed by atoms with Crippen molar-refractivity contribution in [3.8, 4) is 0 Å². The lowest BCUT2D eigenvalue weighted by Crippen LogP contribution is -2.27.